The third kappa shape index (κ3) is 9.17. The first-order valence-electron chi connectivity index (χ1n) is 30.8. The zero-order chi connectivity index (χ0) is 61.5. The largest absolute Gasteiger partial charge is 0.354 e. The third-order valence-electron chi connectivity index (χ3n) is 17.7. The minimum atomic E-state index is 0.202. The quantitative estimate of drug-likeness (QED) is 0.184. The monoisotopic (exact) mass is 1240 g/mol. The van der Waals surface area contributed by atoms with Crippen LogP contribution in [0.4, 0.5) is 0 Å². The molecule has 20 aromatic rings. The molecule has 6 heterocycles. The molecule has 0 saturated carbocycles. The lowest BCUT2D eigenvalue weighted by Gasteiger charge is -2.12. The zero-order valence-electron chi connectivity index (χ0n) is 49.5. The molecule has 6 aromatic heterocycles. The van der Waals surface area contributed by atoms with Crippen molar-refractivity contribution in [3.8, 4) is 51.5 Å². The average Bonchev–Trinajstić information content (AvgIpc) is 1.56. The second-order valence-corrected chi connectivity index (χ2v) is 25.4. The number of hydrogen-bond donors (Lipinski definition) is 1. The predicted octanol–water partition coefficient (Wildman–Crippen LogP) is 22.8. The maximum absolute atomic E-state index is 5.99. The zero-order valence-corrected chi connectivity index (χ0v) is 51.9. The predicted molar refractivity (Wildman–Crippen MR) is 392 cm³/mol. The number of fused-ring (bicyclic) bond motifs is 24. The number of benzene rings is 14. The van der Waals surface area contributed by atoms with Crippen LogP contribution in [-0.2, 0) is 0 Å². The molecule has 0 aliphatic rings. The minimum absolute atomic E-state index is 0.202. The lowest BCUT2D eigenvalue weighted by Crippen LogP contribution is -2.06. The fraction of sp³-hybridized carbons (Fsp3) is 0. The number of halogens is 1. The van der Waals surface area contributed by atoms with Gasteiger partial charge in [0.2, 0.25) is 11.2 Å². The highest BCUT2D eigenvalue weighted by Gasteiger charge is 2.25. The van der Waals surface area contributed by atoms with Crippen molar-refractivity contribution in [2.75, 3.05) is 0 Å². The van der Waals surface area contributed by atoms with Crippen molar-refractivity contribution < 1.29 is 0 Å². The maximum atomic E-state index is 5.99. The van der Waals surface area contributed by atoms with Crippen molar-refractivity contribution in [2.24, 2.45) is 0 Å². The van der Waals surface area contributed by atoms with Gasteiger partial charge in [-0.15, -0.1) is 22.7 Å². The first kappa shape index (κ1) is 54.4. The summed E-state index contributed by atoms with van der Waals surface area (Å²) in [7, 11) is 0. The molecular formula is C82H49ClN8S2. The Bertz CT molecular complexity index is 6210. The Morgan fingerprint density at radius 3 is 1.18 bits per heavy atom. The van der Waals surface area contributed by atoms with Gasteiger partial charge in [0, 0.05) is 111 Å². The number of nitrogens with one attached hydrogen (secondary N) is 1. The Morgan fingerprint density at radius 2 is 0.667 bits per heavy atom. The van der Waals surface area contributed by atoms with Gasteiger partial charge in [0.15, 0.2) is 23.3 Å². The van der Waals surface area contributed by atoms with Crippen molar-refractivity contribution in [3.05, 3.63) is 296 Å². The Balaban J connectivity index is 0.000000114. The molecule has 0 aliphatic heterocycles. The average molecular weight is 1250 g/mol. The van der Waals surface area contributed by atoms with E-state index in [4.69, 9.17) is 26.6 Å². The van der Waals surface area contributed by atoms with E-state index in [1.165, 1.54) is 116 Å². The van der Waals surface area contributed by atoms with E-state index in [-0.39, 0.29) is 5.28 Å². The molecule has 0 aliphatic carbocycles. The minimum Gasteiger partial charge on any atom is -0.354 e. The van der Waals surface area contributed by atoms with Crippen molar-refractivity contribution in [2.45, 2.75) is 0 Å². The molecule has 14 aromatic carbocycles. The number of aromatic amines is 1. The maximum Gasteiger partial charge on any atom is 0.238 e. The molecule has 0 fully saturated rings. The van der Waals surface area contributed by atoms with Gasteiger partial charge in [0.25, 0.3) is 0 Å². The molecule has 11 heteroatoms. The van der Waals surface area contributed by atoms with Crippen LogP contribution in [0.15, 0.2) is 291 Å². The van der Waals surface area contributed by atoms with E-state index in [0.29, 0.717) is 29.2 Å². The van der Waals surface area contributed by atoms with Crippen LogP contribution in [-0.4, -0.2) is 39.5 Å². The first-order valence-corrected chi connectivity index (χ1v) is 32.8. The summed E-state index contributed by atoms with van der Waals surface area (Å²) in [5.41, 5.74) is 8.38. The second-order valence-electron chi connectivity index (χ2n) is 23.0. The van der Waals surface area contributed by atoms with Gasteiger partial charge >= 0.3 is 0 Å². The fourth-order valence-corrected chi connectivity index (χ4v) is 16.5. The molecule has 0 radical (unpaired) electrons. The first-order chi connectivity index (χ1) is 46.1. The molecule has 0 spiro atoms. The third-order valence-corrected chi connectivity index (χ3v) is 20.4. The van der Waals surface area contributed by atoms with Crippen LogP contribution in [0.25, 0.3) is 179 Å². The van der Waals surface area contributed by atoms with E-state index in [1.807, 2.05) is 120 Å². The summed E-state index contributed by atoms with van der Waals surface area (Å²) in [5, 5.41) is 20.8. The number of aromatic nitrogens is 8. The Labute approximate surface area is 545 Å². The molecule has 436 valence electrons. The summed E-state index contributed by atoms with van der Waals surface area (Å²) in [6.07, 6.45) is 0. The molecule has 93 heavy (non-hydrogen) atoms. The van der Waals surface area contributed by atoms with Crippen LogP contribution in [0.5, 0.6) is 0 Å². The summed E-state index contributed by atoms with van der Waals surface area (Å²) in [6.45, 7) is 0. The van der Waals surface area contributed by atoms with Gasteiger partial charge in [0.05, 0.1) is 16.6 Å². The van der Waals surface area contributed by atoms with Crippen LogP contribution in [0.3, 0.4) is 0 Å². The van der Waals surface area contributed by atoms with E-state index in [0.717, 1.165) is 33.3 Å². The van der Waals surface area contributed by atoms with E-state index < -0.39 is 0 Å². The van der Waals surface area contributed by atoms with Crippen molar-refractivity contribution in [3.63, 3.8) is 0 Å². The topological polar surface area (TPSA) is 98.1 Å². The van der Waals surface area contributed by atoms with E-state index in [2.05, 4.69) is 219 Å². The van der Waals surface area contributed by atoms with Gasteiger partial charge in [0.1, 0.15) is 0 Å². The van der Waals surface area contributed by atoms with Crippen molar-refractivity contribution >= 4 is 161 Å². The van der Waals surface area contributed by atoms with E-state index in [9.17, 15) is 0 Å². The summed E-state index contributed by atoms with van der Waals surface area (Å²) in [5.74, 6) is 3.06. The standard InChI is InChI=1S/C41H24N4S.C26H15NS.C15H10ClN3/c1-3-14-26(15-4-1)39-42-40(27-16-5-2-6-17-27)44-41(43-39)45-33-22-12-11-21-31(33)34-35-32-24-23-25-13-7-8-18-28(25)37(32)46-38(35)30-20-10-9-19-29(30)36(34)45;1-2-8-16-15(7-1)13-14-20-23-22-19-11-5-6-12-21(19)27-24(22)17-9-3-4-10-18(17)26(23)28-25(16)20;16-15-18-13(11-7-3-1-4-8-11)17-14(19-15)12-9-5-2-6-10-12/h1-24H;1-14,27H;1-10H. The number of para-hydroxylation sites is 2. The molecule has 0 amide bonds. The van der Waals surface area contributed by atoms with Crippen LogP contribution in [0.1, 0.15) is 0 Å². The normalized spacial score (nSPS) is 11.7. The van der Waals surface area contributed by atoms with E-state index >= 15 is 0 Å². The Morgan fingerprint density at radius 1 is 0.280 bits per heavy atom. The van der Waals surface area contributed by atoms with Crippen molar-refractivity contribution in [1.29, 1.82) is 0 Å². The summed E-state index contributed by atoms with van der Waals surface area (Å²) >= 11 is 9.82. The van der Waals surface area contributed by atoms with Crippen LogP contribution in [0.2, 0.25) is 5.28 Å². The fourth-order valence-electron chi connectivity index (χ4n) is 13.6. The van der Waals surface area contributed by atoms with Gasteiger partial charge in [-0.3, -0.25) is 4.57 Å². The number of nitrogens with zero attached hydrogens (tertiary/aromatic N) is 7. The van der Waals surface area contributed by atoms with Crippen molar-refractivity contribution in [1.82, 2.24) is 39.5 Å². The summed E-state index contributed by atoms with van der Waals surface area (Å²) < 4.78 is 7.66. The molecule has 1 N–H and O–H groups in total. The number of rotatable bonds is 5. The van der Waals surface area contributed by atoms with E-state index in [1.54, 1.807) is 0 Å². The van der Waals surface area contributed by atoms with Gasteiger partial charge in [-0.05, 0) is 45.3 Å². The Hall–Kier alpha value is -11.5. The number of hydrogen-bond acceptors (Lipinski definition) is 8. The smallest absolute Gasteiger partial charge is 0.238 e. The van der Waals surface area contributed by atoms with Gasteiger partial charge < -0.3 is 4.98 Å². The van der Waals surface area contributed by atoms with Crippen LogP contribution >= 0.6 is 34.3 Å². The summed E-state index contributed by atoms with van der Waals surface area (Å²) in [4.78, 5) is 31.9. The molecule has 0 bridgehead atoms. The molecular weight excluding hydrogens is 1200 g/mol. The van der Waals surface area contributed by atoms with Gasteiger partial charge in [-0.25, -0.2) is 9.97 Å². The highest BCUT2D eigenvalue weighted by Crippen LogP contribution is 2.51. The molecule has 20 rings (SSSR count). The molecule has 0 atom stereocenters. The SMILES string of the molecule is Clc1nc(-c2ccccc2)nc(-c2ccccc2)n1.c1ccc(-c2nc(-c3ccccc3)nc(-n3c4ccccc4c4c5c6ccc7ccccc7c6sc5c5ccccc5c43)n2)cc1.c1ccc2c(c1)ccc1c2sc2c3ccccc3c3[nH]c4ccccc4c3c12. The summed E-state index contributed by atoms with van der Waals surface area (Å²) in [6, 6.07) is 101. The van der Waals surface area contributed by atoms with Crippen LogP contribution < -0.4 is 0 Å². The highest BCUT2D eigenvalue weighted by atomic mass is 35.5. The molecule has 8 nitrogen and oxygen atoms in total. The number of H-pyrrole nitrogens is 1. The number of thiophene rings is 2. The molecule has 0 saturated heterocycles. The Kier molecular flexibility index (Phi) is 13.1. The molecule has 0 unspecified atom stereocenters. The van der Waals surface area contributed by atoms with Gasteiger partial charge in [-0.1, -0.05) is 279 Å². The lowest BCUT2D eigenvalue weighted by atomic mass is 9.98. The van der Waals surface area contributed by atoms with Crippen LogP contribution in [0, 0.1) is 0 Å². The second kappa shape index (κ2) is 22.4. The highest BCUT2D eigenvalue weighted by molar-refractivity contribution is 7.28. The lowest BCUT2D eigenvalue weighted by molar-refractivity contribution is 0.955. The van der Waals surface area contributed by atoms with Gasteiger partial charge in [-0.2, -0.15) is 19.9 Å².